The zero-order valence-electron chi connectivity index (χ0n) is 15.6. The Morgan fingerprint density at radius 3 is 2.54 bits per heavy atom. The highest BCUT2D eigenvalue weighted by Crippen LogP contribution is 2.21. The number of Topliss-reactive ketones (excluding diaryl/α,β-unsaturated/α-hetero) is 1. The number of aromatic amines is 1. The van der Waals surface area contributed by atoms with E-state index in [1.807, 2.05) is 12.1 Å². The van der Waals surface area contributed by atoms with E-state index in [0.29, 0.717) is 36.5 Å². The number of fused-ring (bicyclic) bond motifs is 1. The average molecular weight is 398 g/mol. The number of carbonyl (C=O) groups is 1. The van der Waals surface area contributed by atoms with E-state index in [9.17, 15) is 13.2 Å². The predicted molar refractivity (Wildman–Crippen MR) is 108 cm³/mol. The number of hydrogen-bond donors (Lipinski definition) is 1. The maximum absolute atomic E-state index is 12.7. The second kappa shape index (κ2) is 7.85. The van der Waals surface area contributed by atoms with Crippen LogP contribution in [0.3, 0.4) is 0 Å². The molecule has 3 aromatic rings. The fourth-order valence-electron chi connectivity index (χ4n) is 3.60. The van der Waals surface area contributed by atoms with Crippen molar-refractivity contribution in [2.45, 2.75) is 37.0 Å². The summed E-state index contributed by atoms with van der Waals surface area (Å²) in [7, 11) is -3.41. The number of ketones is 1. The molecule has 0 saturated carbocycles. The lowest BCUT2D eigenvalue weighted by Crippen LogP contribution is -2.35. The third-order valence-electron chi connectivity index (χ3n) is 5.24. The molecule has 28 heavy (non-hydrogen) atoms. The highest BCUT2D eigenvalue weighted by atomic mass is 32.2. The molecule has 1 saturated heterocycles. The van der Waals surface area contributed by atoms with Gasteiger partial charge >= 0.3 is 0 Å². The Morgan fingerprint density at radius 1 is 1.07 bits per heavy atom. The van der Waals surface area contributed by atoms with Crippen LogP contribution in [0.2, 0.25) is 0 Å². The summed E-state index contributed by atoms with van der Waals surface area (Å²) >= 11 is 0. The summed E-state index contributed by atoms with van der Waals surface area (Å²) in [4.78, 5) is 20.0. The monoisotopic (exact) mass is 397 g/mol. The molecule has 0 radical (unpaired) electrons. The molecule has 0 amide bonds. The first-order valence-corrected chi connectivity index (χ1v) is 11.0. The van der Waals surface area contributed by atoms with Crippen molar-refractivity contribution in [2.75, 3.05) is 13.1 Å². The summed E-state index contributed by atoms with van der Waals surface area (Å²) in [6.45, 7) is 1.19. The fraction of sp³-hybridized carbons (Fsp3) is 0.333. The number of carbonyl (C=O) groups excluding carboxylic acids is 1. The van der Waals surface area contributed by atoms with Crippen LogP contribution in [-0.2, 0) is 16.4 Å². The molecule has 3 heterocycles. The molecule has 0 unspecified atom stereocenters. The van der Waals surface area contributed by atoms with Crippen molar-refractivity contribution in [3.8, 4) is 0 Å². The van der Waals surface area contributed by atoms with Crippen LogP contribution in [0.5, 0.6) is 0 Å². The summed E-state index contributed by atoms with van der Waals surface area (Å²) in [5.41, 5.74) is 2.42. The van der Waals surface area contributed by atoms with Gasteiger partial charge in [-0.25, -0.2) is 8.42 Å². The van der Waals surface area contributed by atoms with Crippen molar-refractivity contribution in [2.24, 2.45) is 0 Å². The summed E-state index contributed by atoms with van der Waals surface area (Å²) in [5, 5.41) is 0.915. The second-order valence-corrected chi connectivity index (χ2v) is 9.12. The van der Waals surface area contributed by atoms with Gasteiger partial charge in [-0.1, -0.05) is 18.6 Å². The van der Waals surface area contributed by atoms with Gasteiger partial charge in [-0.3, -0.25) is 9.78 Å². The predicted octanol–water partition coefficient (Wildman–Crippen LogP) is 3.55. The van der Waals surface area contributed by atoms with Gasteiger partial charge in [0, 0.05) is 42.8 Å². The molecule has 1 aliphatic heterocycles. The Morgan fingerprint density at radius 2 is 1.82 bits per heavy atom. The zero-order valence-corrected chi connectivity index (χ0v) is 16.4. The van der Waals surface area contributed by atoms with Gasteiger partial charge in [-0.2, -0.15) is 4.31 Å². The van der Waals surface area contributed by atoms with Crippen molar-refractivity contribution < 1.29 is 13.2 Å². The first kappa shape index (κ1) is 18.8. The minimum absolute atomic E-state index is 0.0289. The number of benzene rings is 1. The van der Waals surface area contributed by atoms with Crippen molar-refractivity contribution in [1.82, 2.24) is 14.3 Å². The molecule has 1 aromatic carbocycles. The lowest BCUT2D eigenvalue weighted by molar-refractivity contribution is 0.0979. The van der Waals surface area contributed by atoms with Crippen molar-refractivity contribution in [1.29, 1.82) is 0 Å². The van der Waals surface area contributed by atoms with Gasteiger partial charge in [0.15, 0.2) is 5.78 Å². The number of nitrogens with one attached hydrogen (secondary N) is 1. The van der Waals surface area contributed by atoms with Crippen molar-refractivity contribution in [3.63, 3.8) is 0 Å². The second-order valence-electron chi connectivity index (χ2n) is 7.18. The number of aromatic nitrogens is 2. The smallest absolute Gasteiger partial charge is 0.243 e. The van der Waals surface area contributed by atoms with Crippen molar-refractivity contribution >= 4 is 26.7 Å². The maximum atomic E-state index is 12.7. The van der Waals surface area contributed by atoms with Crippen LogP contribution in [-0.4, -0.2) is 41.6 Å². The van der Waals surface area contributed by atoms with Gasteiger partial charge in [0.2, 0.25) is 10.0 Å². The van der Waals surface area contributed by atoms with E-state index in [-0.39, 0.29) is 5.78 Å². The lowest BCUT2D eigenvalue weighted by atomic mass is 10.1. The normalized spacial score (nSPS) is 15.7. The van der Waals surface area contributed by atoms with E-state index < -0.39 is 10.0 Å². The number of sulfonamides is 1. The molecule has 7 heteroatoms. The van der Waals surface area contributed by atoms with Crippen LogP contribution in [0.25, 0.3) is 10.9 Å². The number of H-pyrrole nitrogens is 1. The minimum atomic E-state index is -3.41. The Labute approximate surface area is 164 Å². The van der Waals surface area contributed by atoms with E-state index in [1.165, 1.54) is 0 Å². The highest BCUT2D eigenvalue weighted by molar-refractivity contribution is 7.89. The topological polar surface area (TPSA) is 83.1 Å². The molecule has 1 aliphatic rings. The molecule has 146 valence electrons. The molecule has 0 bridgehead atoms. The Hall–Kier alpha value is -2.51. The SMILES string of the molecule is O=C(CCc1ccc(S(=O)(=O)N2CCCCC2)cc1)c1cc2cnccc2[nH]1. The number of piperidine rings is 1. The summed E-state index contributed by atoms with van der Waals surface area (Å²) < 4.78 is 27.0. The highest BCUT2D eigenvalue weighted by Gasteiger charge is 2.25. The van der Waals surface area contributed by atoms with Gasteiger partial charge in [0.1, 0.15) is 0 Å². The first-order chi connectivity index (χ1) is 13.5. The number of hydrogen-bond acceptors (Lipinski definition) is 4. The molecular weight excluding hydrogens is 374 g/mol. The number of rotatable bonds is 6. The van der Waals surface area contributed by atoms with Gasteiger partial charge in [-0.05, 0) is 49.1 Å². The quantitative estimate of drug-likeness (QED) is 0.645. The van der Waals surface area contributed by atoms with Gasteiger partial charge in [0.25, 0.3) is 0 Å². The molecule has 2 aromatic heterocycles. The molecule has 4 rings (SSSR count). The standard InChI is InChI=1S/C21H23N3O3S/c25-21(20-14-17-15-22-11-10-19(17)23-20)9-6-16-4-7-18(8-5-16)28(26,27)24-12-2-1-3-13-24/h4-5,7-8,10-11,14-15,23H,1-3,6,9,12-13H2. The fourth-order valence-corrected chi connectivity index (χ4v) is 5.11. The minimum Gasteiger partial charge on any atom is -0.352 e. The van der Waals surface area contributed by atoms with Crippen LogP contribution in [0.4, 0.5) is 0 Å². The summed E-state index contributed by atoms with van der Waals surface area (Å²) in [5.74, 6) is 0.0289. The lowest BCUT2D eigenvalue weighted by Gasteiger charge is -2.25. The van der Waals surface area contributed by atoms with E-state index in [0.717, 1.165) is 35.7 Å². The van der Waals surface area contributed by atoms with E-state index >= 15 is 0 Å². The Bertz CT molecular complexity index is 1050. The van der Waals surface area contributed by atoms with Crippen LogP contribution in [0.1, 0.15) is 41.7 Å². The number of aryl methyl sites for hydroxylation is 1. The molecule has 1 fully saturated rings. The van der Waals surface area contributed by atoms with Crippen LogP contribution >= 0.6 is 0 Å². The molecule has 0 aliphatic carbocycles. The molecular formula is C21H23N3O3S. The number of pyridine rings is 1. The number of nitrogens with zero attached hydrogens (tertiary/aromatic N) is 2. The van der Waals surface area contributed by atoms with E-state index in [4.69, 9.17) is 0 Å². The first-order valence-electron chi connectivity index (χ1n) is 9.59. The largest absolute Gasteiger partial charge is 0.352 e. The molecule has 0 spiro atoms. The molecule has 0 atom stereocenters. The van der Waals surface area contributed by atoms with Crippen LogP contribution < -0.4 is 0 Å². The van der Waals surface area contributed by atoms with E-state index in [1.54, 1.807) is 41.0 Å². The molecule has 6 nitrogen and oxygen atoms in total. The van der Waals surface area contributed by atoms with Crippen LogP contribution in [0.15, 0.2) is 53.7 Å². The van der Waals surface area contributed by atoms with Gasteiger partial charge < -0.3 is 4.98 Å². The Balaban J connectivity index is 1.41. The third kappa shape index (κ3) is 3.86. The van der Waals surface area contributed by atoms with E-state index in [2.05, 4.69) is 9.97 Å². The molecule has 1 N–H and O–H groups in total. The maximum Gasteiger partial charge on any atom is 0.243 e. The average Bonchev–Trinajstić information content (AvgIpc) is 3.17. The van der Waals surface area contributed by atoms with Crippen molar-refractivity contribution in [3.05, 3.63) is 60.0 Å². The van der Waals surface area contributed by atoms with Gasteiger partial charge in [-0.15, -0.1) is 0 Å². The zero-order chi connectivity index (χ0) is 19.6. The summed E-state index contributed by atoms with van der Waals surface area (Å²) in [6.07, 6.45) is 7.27. The third-order valence-corrected chi connectivity index (χ3v) is 7.15. The van der Waals surface area contributed by atoms with Gasteiger partial charge in [0.05, 0.1) is 10.6 Å². The van der Waals surface area contributed by atoms with Crippen LogP contribution in [0, 0.1) is 0 Å². The Kier molecular flexibility index (Phi) is 5.28. The summed E-state index contributed by atoms with van der Waals surface area (Å²) in [6, 6.07) is 10.6.